The highest BCUT2D eigenvalue weighted by Crippen LogP contribution is 2.30. The van der Waals surface area contributed by atoms with Crippen LogP contribution in [0.4, 0.5) is 5.82 Å². The van der Waals surface area contributed by atoms with Gasteiger partial charge in [-0.1, -0.05) is 0 Å². The fourth-order valence-corrected chi connectivity index (χ4v) is 4.74. The Balaban J connectivity index is 1.34. The molecule has 1 saturated carbocycles. The maximum absolute atomic E-state index is 9.16. The second-order valence-corrected chi connectivity index (χ2v) is 8.33. The molecule has 0 bridgehead atoms. The van der Waals surface area contributed by atoms with Crippen LogP contribution in [0.25, 0.3) is 10.9 Å². The molecule has 6 heteroatoms. The Hall–Kier alpha value is -2.23. The minimum Gasteiger partial charge on any atom is -0.373 e. The zero-order valence-corrected chi connectivity index (χ0v) is 16.8. The summed E-state index contributed by atoms with van der Waals surface area (Å²) in [5.41, 5.74) is 1.51. The van der Waals surface area contributed by atoms with Gasteiger partial charge in [0.15, 0.2) is 0 Å². The molecule has 0 radical (unpaired) electrons. The quantitative estimate of drug-likeness (QED) is 0.875. The highest BCUT2D eigenvalue weighted by Gasteiger charge is 2.31. The summed E-state index contributed by atoms with van der Waals surface area (Å²) in [7, 11) is 0. The molecule has 2 aliphatic rings. The van der Waals surface area contributed by atoms with Crippen molar-refractivity contribution in [2.45, 2.75) is 57.8 Å². The molecule has 1 aliphatic carbocycles. The summed E-state index contributed by atoms with van der Waals surface area (Å²) in [6.07, 6.45) is 7.27. The molecule has 1 saturated heterocycles. The Morgan fingerprint density at radius 2 is 1.89 bits per heavy atom. The van der Waals surface area contributed by atoms with Crippen LogP contribution in [-0.4, -0.2) is 52.8 Å². The van der Waals surface area contributed by atoms with Crippen molar-refractivity contribution in [2.24, 2.45) is 5.92 Å². The van der Waals surface area contributed by atoms with Crippen molar-refractivity contribution in [1.82, 2.24) is 14.9 Å². The van der Waals surface area contributed by atoms with Crippen LogP contribution < -0.4 is 5.32 Å². The number of fused-ring (bicyclic) bond motifs is 1. The van der Waals surface area contributed by atoms with E-state index in [0.717, 1.165) is 36.4 Å². The number of nitriles is 1. The lowest BCUT2D eigenvalue weighted by Crippen LogP contribution is -2.51. The van der Waals surface area contributed by atoms with E-state index in [0.29, 0.717) is 29.7 Å². The first-order valence-electron chi connectivity index (χ1n) is 10.4. The van der Waals surface area contributed by atoms with Gasteiger partial charge >= 0.3 is 0 Å². The van der Waals surface area contributed by atoms with E-state index in [9.17, 15) is 0 Å². The number of nitrogens with zero attached hydrogens (tertiary/aromatic N) is 4. The molecule has 2 fully saturated rings. The summed E-state index contributed by atoms with van der Waals surface area (Å²) in [6, 6.07) is 8.45. The van der Waals surface area contributed by atoms with Crippen molar-refractivity contribution in [3.63, 3.8) is 0 Å². The van der Waals surface area contributed by atoms with Crippen LogP contribution in [0.3, 0.4) is 0 Å². The number of morpholine rings is 1. The molecule has 1 aromatic carbocycles. The van der Waals surface area contributed by atoms with Gasteiger partial charge in [0.05, 0.1) is 29.4 Å². The number of nitrogens with one attached hydrogen (secondary N) is 1. The number of hydrogen-bond donors (Lipinski definition) is 1. The second-order valence-electron chi connectivity index (χ2n) is 8.33. The van der Waals surface area contributed by atoms with Crippen molar-refractivity contribution in [1.29, 1.82) is 5.26 Å². The molecular weight excluding hydrogens is 350 g/mol. The largest absolute Gasteiger partial charge is 0.373 e. The summed E-state index contributed by atoms with van der Waals surface area (Å²) in [5.74, 6) is 1.50. The van der Waals surface area contributed by atoms with E-state index < -0.39 is 0 Å². The van der Waals surface area contributed by atoms with Gasteiger partial charge in [0, 0.05) is 31.1 Å². The highest BCUT2D eigenvalue weighted by molar-refractivity contribution is 5.89. The van der Waals surface area contributed by atoms with Crippen molar-refractivity contribution < 1.29 is 4.74 Å². The zero-order valence-electron chi connectivity index (χ0n) is 16.8. The molecule has 2 atom stereocenters. The molecule has 148 valence electrons. The fraction of sp³-hybridized carbons (Fsp3) is 0.591. The molecule has 0 spiro atoms. The third kappa shape index (κ3) is 4.26. The van der Waals surface area contributed by atoms with Crippen molar-refractivity contribution >= 4 is 16.7 Å². The number of rotatable bonds is 4. The van der Waals surface area contributed by atoms with Gasteiger partial charge in [-0.25, -0.2) is 9.97 Å². The van der Waals surface area contributed by atoms with Crippen LogP contribution in [0.2, 0.25) is 0 Å². The topological polar surface area (TPSA) is 74.1 Å². The van der Waals surface area contributed by atoms with Gasteiger partial charge in [-0.3, -0.25) is 4.90 Å². The molecule has 2 heterocycles. The summed E-state index contributed by atoms with van der Waals surface area (Å²) in [6.45, 7) is 7.41. The number of benzene rings is 1. The van der Waals surface area contributed by atoms with Gasteiger partial charge in [0.2, 0.25) is 0 Å². The monoisotopic (exact) mass is 379 g/mol. The number of aromatic nitrogens is 2. The van der Waals surface area contributed by atoms with E-state index in [1.165, 1.54) is 25.7 Å². The molecule has 1 N–H and O–H groups in total. The van der Waals surface area contributed by atoms with E-state index in [4.69, 9.17) is 10.00 Å². The summed E-state index contributed by atoms with van der Waals surface area (Å²) < 4.78 is 5.88. The van der Waals surface area contributed by atoms with Gasteiger partial charge in [-0.15, -0.1) is 0 Å². The first kappa shape index (κ1) is 19.1. The molecule has 6 nitrogen and oxygen atoms in total. The summed E-state index contributed by atoms with van der Waals surface area (Å²) in [4.78, 5) is 11.4. The van der Waals surface area contributed by atoms with E-state index in [-0.39, 0.29) is 0 Å². The van der Waals surface area contributed by atoms with E-state index in [1.807, 2.05) is 12.1 Å². The molecule has 1 aromatic heterocycles. The molecule has 1 aliphatic heterocycles. The van der Waals surface area contributed by atoms with Gasteiger partial charge in [0.25, 0.3) is 0 Å². The SMILES string of the molecule is C[C@@H]1CN(C2CCC(CNc3ncnc4ccc(C#N)cc34)CC2)C[C@H](C)O1. The first-order valence-corrected chi connectivity index (χ1v) is 10.4. The lowest BCUT2D eigenvalue weighted by atomic mass is 9.85. The molecule has 4 rings (SSSR count). The minimum absolute atomic E-state index is 0.340. The third-order valence-corrected chi connectivity index (χ3v) is 6.10. The molecule has 28 heavy (non-hydrogen) atoms. The third-order valence-electron chi connectivity index (χ3n) is 6.10. The maximum atomic E-state index is 9.16. The molecular formula is C22H29N5O. The second kappa shape index (κ2) is 8.42. The average molecular weight is 380 g/mol. The van der Waals surface area contributed by atoms with Crippen LogP contribution in [0.5, 0.6) is 0 Å². The lowest BCUT2D eigenvalue weighted by molar-refractivity contribution is -0.0851. The number of anilines is 1. The van der Waals surface area contributed by atoms with Gasteiger partial charge in [-0.2, -0.15) is 5.26 Å². The maximum Gasteiger partial charge on any atom is 0.137 e. The van der Waals surface area contributed by atoms with Gasteiger partial charge in [-0.05, 0) is 63.6 Å². The van der Waals surface area contributed by atoms with Crippen molar-refractivity contribution in [2.75, 3.05) is 25.0 Å². The minimum atomic E-state index is 0.340. The molecule has 0 amide bonds. The van der Waals surface area contributed by atoms with Crippen LogP contribution in [-0.2, 0) is 4.74 Å². The zero-order chi connectivity index (χ0) is 19.5. The van der Waals surface area contributed by atoms with E-state index in [2.05, 4.69) is 40.1 Å². The fourth-order valence-electron chi connectivity index (χ4n) is 4.74. The van der Waals surface area contributed by atoms with Crippen LogP contribution in [0.15, 0.2) is 24.5 Å². The van der Waals surface area contributed by atoms with Crippen molar-refractivity contribution in [3.05, 3.63) is 30.1 Å². The van der Waals surface area contributed by atoms with E-state index >= 15 is 0 Å². The summed E-state index contributed by atoms with van der Waals surface area (Å²) in [5, 5.41) is 13.6. The Morgan fingerprint density at radius 3 is 2.61 bits per heavy atom. The number of ether oxygens (including phenoxy) is 1. The number of hydrogen-bond acceptors (Lipinski definition) is 6. The smallest absolute Gasteiger partial charge is 0.137 e. The Kier molecular flexibility index (Phi) is 5.74. The van der Waals surface area contributed by atoms with Gasteiger partial charge in [0.1, 0.15) is 12.1 Å². The Bertz CT molecular complexity index is 846. The van der Waals surface area contributed by atoms with Crippen LogP contribution in [0, 0.1) is 17.2 Å². The Morgan fingerprint density at radius 1 is 1.14 bits per heavy atom. The normalized spacial score (nSPS) is 28.8. The van der Waals surface area contributed by atoms with Crippen molar-refractivity contribution in [3.8, 4) is 6.07 Å². The molecule has 2 aromatic rings. The predicted octanol–water partition coefficient (Wildman–Crippen LogP) is 3.58. The average Bonchev–Trinajstić information content (AvgIpc) is 2.71. The molecule has 0 unspecified atom stereocenters. The van der Waals surface area contributed by atoms with Gasteiger partial charge < -0.3 is 10.1 Å². The lowest BCUT2D eigenvalue weighted by Gasteiger charge is -2.42. The standard InChI is InChI=1S/C22H29N5O/c1-15-12-27(13-16(2)28-15)19-6-3-17(4-7-19)11-24-22-20-9-18(10-23)5-8-21(20)25-14-26-22/h5,8-9,14-17,19H,3-4,6-7,11-13H2,1-2H3,(H,24,25,26)/t15-,16+,17?,19?. The first-order chi connectivity index (χ1) is 13.6. The summed E-state index contributed by atoms with van der Waals surface area (Å²) >= 11 is 0. The highest BCUT2D eigenvalue weighted by atomic mass is 16.5. The Labute approximate surface area is 166 Å². The van der Waals surface area contributed by atoms with E-state index in [1.54, 1.807) is 12.4 Å². The van der Waals surface area contributed by atoms with Crippen LogP contribution in [0.1, 0.15) is 45.1 Å². The predicted molar refractivity (Wildman–Crippen MR) is 110 cm³/mol. The van der Waals surface area contributed by atoms with Crippen LogP contribution >= 0.6 is 0 Å².